The van der Waals surface area contributed by atoms with Crippen molar-refractivity contribution < 1.29 is 33.0 Å². The fourth-order valence-electron chi connectivity index (χ4n) is 4.28. The summed E-state index contributed by atoms with van der Waals surface area (Å²) in [5.41, 5.74) is 5.84. The number of carbonyl (C=O) groups is 4. The Labute approximate surface area is 228 Å². The molecule has 10 nitrogen and oxygen atoms in total. The Kier molecular flexibility index (Phi) is 9.31. The highest BCUT2D eigenvalue weighted by molar-refractivity contribution is 7.18. The molecule has 2 aliphatic rings. The number of rotatable bonds is 10. The Morgan fingerprint density at radius 3 is 2.66 bits per heavy atom. The molecule has 4 rings (SSSR count). The number of nitrogens with zero attached hydrogens (tertiary/aromatic N) is 3. The van der Waals surface area contributed by atoms with Crippen LogP contribution in [0.15, 0.2) is 30.3 Å². The minimum atomic E-state index is -0.866. The number of carbonyl (C=O) groups excluding carboxylic acids is 4. The van der Waals surface area contributed by atoms with Gasteiger partial charge in [-0.15, -0.1) is 11.3 Å². The maximum Gasteiger partial charge on any atom is 0.414 e. The first-order valence-corrected chi connectivity index (χ1v) is 13.4. The molecule has 38 heavy (non-hydrogen) atoms. The quantitative estimate of drug-likeness (QED) is 0.437. The molecular formula is C25H28ClFN4O6S. The number of morpholine rings is 1. The number of unbranched alkanes of at least 4 members (excludes halogenated alkanes) is 2. The van der Waals surface area contributed by atoms with Gasteiger partial charge in [-0.2, -0.15) is 0 Å². The Bertz CT molecular complexity index is 1210. The predicted octanol–water partition coefficient (Wildman–Crippen LogP) is 3.42. The summed E-state index contributed by atoms with van der Waals surface area (Å²) in [5, 5.41) is 0. The van der Waals surface area contributed by atoms with Gasteiger partial charge in [-0.25, -0.2) is 9.18 Å². The van der Waals surface area contributed by atoms with Crippen LogP contribution in [0.1, 0.15) is 35.4 Å². The van der Waals surface area contributed by atoms with Gasteiger partial charge in [0.15, 0.2) is 0 Å². The lowest BCUT2D eigenvalue weighted by Crippen LogP contribution is -2.43. The Balaban J connectivity index is 1.47. The number of cyclic esters (lactones) is 1. The van der Waals surface area contributed by atoms with Crippen molar-refractivity contribution in [2.45, 2.75) is 31.8 Å². The zero-order chi connectivity index (χ0) is 27.2. The summed E-state index contributed by atoms with van der Waals surface area (Å²) < 4.78 is 26.0. The number of nitrogens with two attached hydrogens (primary N) is 1. The first-order chi connectivity index (χ1) is 18.3. The molecule has 2 aliphatic heterocycles. The van der Waals surface area contributed by atoms with Gasteiger partial charge in [-0.1, -0.05) is 18.0 Å². The maximum absolute atomic E-state index is 15.1. The maximum atomic E-state index is 15.1. The first kappa shape index (κ1) is 28.0. The highest BCUT2D eigenvalue weighted by Crippen LogP contribution is 2.30. The van der Waals surface area contributed by atoms with Crippen molar-refractivity contribution >= 4 is 58.1 Å². The van der Waals surface area contributed by atoms with Crippen molar-refractivity contribution in [3.8, 4) is 0 Å². The smallest absolute Gasteiger partial charge is 0.414 e. The molecule has 0 bridgehead atoms. The van der Waals surface area contributed by atoms with E-state index in [0.29, 0.717) is 36.1 Å². The highest BCUT2D eigenvalue weighted by atomic mass is 35.5. The lowest BCUT2D eigenvalue weighted by atomic mass is 10.1. The fraction of sp³-hybridized carbons (Fsp3) is 0.440. The second-order valence-corrected chi connectivity index (χ2v) is 10.6. The summed E-state index contributed by atoms with van der Waals surface area (Å²) in [6, 6.07) is 7.23. The molecule has 0 radical (unpaired) electrons. The molecule has 4 amide bonds. The monoisotopic (exact) mass is 566 g/mol. The largest absolute Gasteiger partial charge is 0.442 e. The first-order valence-electron chi connectivity index (χ1n) is 12.2. The predicted molar refractivity (Wildman–Crippen MR) is 140 cm³/mol. The van der Waals surface area contributed by atoms with Gasteiger partial charge in [-0.05, 0) is 49.7 Å². The van der Waals surface area contributed by atoms with E-state index in [1.165, 1.54) is 23.1 Å². The summed E-state index contributed by atoms with van der Waals surface area (Å²) in [5.74, 6) is -1.94. The Morgan fingerprint density at radius 1 is 1.16 bits per heavy atom. The summed E-state index contributed by atoms with van der Waals surface area (Å²) >= 11 is 7.03. The van der Waals surface area contributed by atoms with Gasteiger partial charge in [0.1, 0.15) is 18.5 Å². The van der Waals surface area contributed by atoms with E-state index >= 15 is 4.39 Å². The molecule has 0 spiro atoms. The van der Waals surface area contributed by atoms with Crippen LogP contribution in [0.25, 0.3) is 0 Å². The fourth-order valence-corrected chi connectivity index (χ4v) is 5.28. The van der Waals surface area contributed by atoms with Crippen molar-refractivity contribution in [3.05, 3.63) is 45.4 Å². The number of ether oxygens (including phenoxy) is 2. The molecule has 1 aromatic heterocycles. The molecule has 2 fully saturated rings. The average molecular weight is 567 g/mol. The molecular weight excluding hydrogens is 539 g/mol. The van der Waals surface area contributed by atoms with E-state index < -0.39 is 29.8 Å². The lowest BCUT2D eigenvalue weighted by molar-refractivity contribution is -0.129. The SMILES string of the molecule is NCCCCCC(=O)N(C[C@H]1CN(c2ccc(N3CCOCC3=O)cc2F)C(=O)O1)C(=O)c1ccc(Cl)s1. The van der Waals surface area contributed by atoms with Crippen LogP contribution in [0, 0.1) is 5.82 Å². The lowest BCUT2D eigenvalue weighted by Gasteiger charge is -2.27. The topological polar surface area (TPSA) is 122 Å². The molecule has 0 saturated carbocycles. The van der Waals surface area contributed by atoms with Crippen LogP contribution < -0.4 is 15.5 Å². The normalized spacial score (nSPS) is 17.6. The van der Waals surface area contributed by atoms with Crippen LogP contribution in [0.3, 0.4) is 0 Å². The van der Waals surface area contributed by atoms with Crippen LogP contribution in [0.2, 0.25) is 4.34 Å². The van der Waals surface area contributed by atoms with E-state index in [2.05, 4.69) is 0 Å². The van der Waals surface area contributed by atoms with E-state index in [0.717, 1.165) is 34.0 Å². The number of anilines is 2. The molecule has 0 aliphatic carbocycles. The number of hydrogen-bond acceptors (Lipinski definition) is 8. The van der Waals surface area contributed by atoms with Gasteiger partial charge in [0.25, 0.3) is 11.8 Å². The van der Waals surface area contributed by atoms with E-state index in [9.17, 15) is 19.2 Å². The minimum absolute atomic E-state index is 0.0296. The number of hydrogen-bond donors (Lipinski definition) is 1. The Hall–Kier alpha value is -3.06. The van der Waals surface area contributed by atoms with Gasteiger partial charge < -0.3 is 20.1 Å². The molecule has 2 N–H and O–H groups in total. The van der Waals surface area contributed by atoms with Crippen molar-refractivity contribution in [3.63, 3.8) is 0 Å². The molecule has 2 aromatic rings. The van der Waals surface area contributed by atoms with E-state index in [1.54, 1.807) is 12.1 Å². The number of amides is 4. The standard InChI is InChI=1S/C25H28ClFN4O6S/c26-21-8-7-20(38-21)24(34)31(22(32)4-2-1-3-9-28)14-17-13-30(25(35)37-17)19-6-5-16(12-18(19)27)29-10-11-36-15-23(29)33/h5-8,12,17H,1-4,9-11,13-15,28H2/t17-/m1/s1. The zero-order valence-corrected chi connectivity index (χ0v) is 22.1. The van der Waals surface area contributed by atoms with Crippen molar-refractivity contribution in [2.24, 2.45) is 5.73 Å². The van der Waals surface area contributed by atoms with E-state index in [1.807, 2.05) is 0 Å². The summed E-state index contributed by atoms with van der Waals surface area (Å²) in [6.07, 6.45) is 0.533. The summed E-state index contributed by atoms with van der Waals surface area (Å²) in [7, 11) is 0. The molecule has 204 valence electrons. The molecule has 13 heteroatoms. The van der Waals surface area contributed by atoms with Gasteiger partial charge in [0, 0.05) is 18.7 Å². The number of thiophene rings is 1. The van der Waals surface area contributed by atoms with Crippen LogP contribution in [-0.4, -0.2) is 74.2 Å². The van der Waals surface area contributed by atoms with E-state index in [-0.39, 0.29) is 42.6 Å². The van der Waals surface area contributed by atoms with Gasteiger partial charge >= 0.3 is 6.09 Å². The second kappa shape index (κ2) is 12.7. The van der Waals surface area contributed by atoms with Crippen LogP contribution >= 0.6 is 22.9 Å². The third kappa shape index (κ3) is 6.49. The van der Waals surface area contributed by atoms with Gasteiger partial charge in [0.2, 0.25) is 5.91 Å². The third-order valence-corrected chi connectivity index (χ3v) is 7.42. The second-order valence-electron chi connectivity index (χ2n) is 8.86. The van der Waals surface area contributed by atoms with Crippen molar-refractivity contribution in [1.29, 1.82) is 0 Å². The molecule has 1 atom stereocenters. The van der Waals surface area contributed by atoms with Gasteiger partial charge in [0.05, 0.1) is 34.6 Å². The molecule has 0 unspecified atom stereocenters. The van der Waals surface area contributed by atoms with E-state index in [4.69, 9.17) is 26.8 Å². The molecule has 3 heterocycles. The highest BCUT2D eigenvalue weighted by Gasteiger charge is 2.37. The van der Waals surface area contributed by atoms with Gasteiger partial charge in [-0.3, -0.25) is 24.2 Å². The number of benzene rings is 1. The Morgan fingerprint density at radius 2 is 1.97 bits per heavy atom. The van der Waals surface area contributed by atoms with Crippen LogP contribution in [0.5, 0.6) is 0 Å². The number of halogens is 2. The molecule has 1 aromatic carbocycles. The van der Waals surface area contributed by atoms with Crippen LogP contribution in [0.4, 0.5) is 20.6 Å². The minimum Gasteiger partial charge on any atom is -0.442 e. The summed E-state index contributed by atoms with van der Waals surface area (Å²) in [4.78, 5) is 54.8. The van der Waals surface area contributed by atoms with Crippen molar-refractivity contribution in [2.75, 3.05) is 49.2 Å². The summed E-state index contributed by atoms with van der Waals surface area (Å²) in [6.45, 7) is 0.815. The number of imide groups is 1. The third-order valence-electron chi connectivity index (χ3n) is 6.20. The van der Waals surface area contributed by atoms with Crippen LogP contribution in [-0.2, 0) is 19.1 Å². The molecule has 2 saturated heterocycles. The zero-order valence-electron chi connectivity index (χ0n) is 20.6. The van der Waals surface area contributed by atoms with Crippen molar-refractivity contribution in [1.82, 2.24) is 4.90 Å². The average Bonchev–Trinajstić information content (AvgIpc) is 3.50.